The van der Waals surface area contributed by atoms with Crippen molar-refractivity contribution < 1.29 is 13.9 Å². The van der Waals surface area contributed by atoms with Gasteiger partial charge in [-0.3, -0.25) is 0 Å². The number of amides is 2. The van der Waals surface area contributed by atoms with E-state index < -0.39 is 0 Å². The second-order valence-electron chi connectivity index (χ2n) is 8.55. The summed E-state index contributed by atoms with van der Waals surface area (Å²) in [6.45, 7) is 4.86. The van der Waals surface area contributed by atoms with Crippen molar-refractivity contribution in [2.75, 3.05) is 57.1 Å². The normalized spacial score (nSPS) is 16.8. The van der Waals surface area contributed by atoms with Gasteiger partial charge in [0.05, 0.1) is 12.8 Å². The van der Waals surface area contributed by atoms with Crippen LogP contribution in [0.4, 0.5) is 20.6 Å². The molecule has 2 aliphatic rings. The number of nitrogens with one attached hydrogen (secondary N) is 2. The number of carbonyl (C=O) groups excluding carboxylic acids is 1. The number of H-pyrrole nitrogens is 1. The smallest absolute Gasteiger partial charge is 0.322 e. The van der Waals surface area contributed by atoms with Gasteiger partial charge < -0.3 is 29.7 Å². The number of fused-ring (bicyclic) bond motifs is 3. The van der Waals surface area contributed by atoms with Crippen molar-refractivity contribution in [1.82, 2.24) is 14.8 Å². The number of benzene rings is 2. The van der Waals surface area contributed by atoms with Crippen LogP contribution in [0, 0.1) is 5.82 Å². The summed E-state index contributed by atoms with van der Waals surface area (Å²) in [6.07, 6.45) is 0.716. The van der Waals surface area contributed by atoms with Gasteiger partial charge in [0.15, 0.2) is 0 Å². The lowest BCUT2D eigenvalue weighted by molar-refractivity contribution is 0.206. The molecule has 0 aliphatic carbocycles. The van der Waals surface area contributed by atoms with E-state index in [1.165, 1.54) is 12.1 Å². The Morgan fingerprint density at radius 1 is 1.09 bits per heavy atom. The number of likely N-dealkylation sites (N-methyl/N-ethyl adjacent to an activating group) is 1. The number of halogens is 1. The van der Waals surface area contributed by atoms with E-state index in [2.05, 4.69) is 27.1 Å². The Bertz CT molecular complexity index is 1150. The van der Waals surface area contributed by atoms with Crippen molar-refractivity contribution in [3.8, 4) is 5.75 Å². The molecule has 1 aromatic heterocycles. The van der Waals surface area contributed by atoms with Crippen LogP contribution in [-0.2, 0) is 13.0 Å². The Labute approximate surface area is 186 Å². The van der Waals surface area contributed by atoms with E-state index in [-0.39, 0.29) is 11.8 Å². The number of aromatic amines is 1. The van der Waals surface area contributed by atoms with E-state index in [0.717, 1.165) is 65.5 Å². The molecule has 0 bridgehead atoms. The molecule has 0 atom stereocenters. The van der Waals surface area contributed by atoms with E-state index in [0.29, 0.717) is 19.5 Å². The highest BCUT2D eigenvalue weighted by Crippen LogP contribution is 2.33. The van der Waals surface area contributed by atoms with Crippen LogP contribution in [-0.4, -0.2) is 67.7 Å². The third-order valence-electron chi connectivity index (χ3n) is 6.50. The Kier molecular flexibility index (Phi) is 5.38. The number of hydrogen-bond acceptors (Lipinski definition) is 4. The van der Waals surface area contributed by atoms with Gasteiger partial charge >= 0.3 is 6.03 Å². The molecule has 3 aromatic rings. The van der Waals surface area contributed by atoms with Gasteiger partial charge in [0.25, 0.3) is 0 Å². The predicted molar refractivity (Wildman–Crippen MR) is 124 cm³/mol. The fourth-order valence-electron chi connectivity index (χ4n) is 4.62. The molecule has 0 unspecified atom stereocenters. The standard InChI is InChI=1S/C24H28FN5O2/c1-28-9-11-29(12-10-28)22-14-17(4-6-23(22)32-2)26-24(31)30-8-7-21-19(15-30)18-13-16(25)3-5-20(18)27-21/h3-6,13-14,27H,7-12,15H2,1-2H3,(H,26,31). The van der Waals surface area contributed by atoms with Crippen molar-refractivity contribution >= 4 is 28.3 Å². The molecular formula is C24H28FN5O2. The molecule has 8 heteroatoms. The molecule has 5 rings (SSSR count). The molecule has 32 heavy (non-hydrogen) atoms. The van der Waals surface area contributed by atoms with Gasteiger partial charge in [0.1, 0.15) is 11.6 Å². The lowest BCUT2D eigenvalue weighted by atomic mass is 10.0. The average Bonchev–Trinajstić information content (AvgIpc) is 3.16. The molecule has 7 nitrogen and oxygen atoms in total. The van der Waals surface area contributed by atoms with E-state index in [1.807, 2.05) is 18.2 Å². The number of hydrogen-bond donors (Lipinski definition) is 2. The van der Waals surface area contributed by atoms with Crippen molar-refractivity contribution in [3.63, 3.8) is 0 Å². The Morgan fingerprint density at radius 3 is 2.69 bits per heavy atom. The zero-order valence-electron chi connectivity index (χ0n) is 18.4. The van der Waals surface area contributed by atoms with E-state index in [9.17, 15) is 9.18 Å². The summed E-state index contributed by atoms with van der Waals surface area (Å²) >= 11 is 0. The number of methoxy groups -OCH3 is 1. The zero-order chi connectivity index (χ0) is 22.2. The fourth-order valence-corrected chi connectivity index (χ4v) is 4.62. The molecule has 2 aliphatic heterocycles. The highest BCUT2D eigenvalue weighted by Gasteiger charge is 2.25. The minimum atomic E-state index is -0.268. The maximum Gasteiger partial charge on any atom is 0.322 e. The average molecular weight is 438 g/mol. The summed E-state index contributed by atoms with van der Waals surface area (Å²) in [4.78, 5) is 22.8. The van der Waals surface area contributed by atoms with Gasteiger partial charge in [-0.15, -0.1) is 0 Å². The highest BCUT2D eigenvalue weighted by molar-refractivity contribution is 5.92. The largest absolute Gasteiger partial charge is 0.495 e. The van der Waals surface area contributed by atoms with Gasteiger partial charge in [0.2, 0.25) is 0 Å². The first-order valence-electron chi connectivity index (χ1n) is 11.0. The number of rotatable bonds is 3. The molecule has 2 amide bonds. The summed E-state index contributed by atoms with van der Waals surface area (Å²) < 4.78 is 19.3. The van der Waals surface area contributed by atoms with Crippen molar-refractivity contribution in [1.29, 1.82) is 0 Å². The highest BCUT2D eigenvalue weighted by atomic mass is 19.1. The predicted octanol–water partition coefficient (Wildman–Crippen LogP) is 3.66. The van der Waals surface area contributed by atoms with Crippen LogP contribution in [0.1, 0.15) is 11.3 Å². The Morgan fingerprint density at radius 2 is 1.91 bits per heavy atom. The van der Waals surface area contributed by atoms with Crippen molar-refractivity contribution in [2.45, 2.75) is 13.0 Å². The minimum absolute atomic E-state index is 0.157. The SMILES string of the molecule is COc1ccc(NC(=O)N2CCc3[nH]c4ccc(F)cc4c3C2)cc1N1CCN(C)CC1. The summed E-state index contributed by atoms with van der Waals surface area (Å²) in [5, 5.41) is 3.89. The van der Waals surface area contributed by atoms with Crippen LogP contribution in [0.5, 0.6) is 5.75 Å². The number of carbonyl (C=O) groups is 1. The molecular weight excluding hydrogens is 409 g/mol. The van der Waals surface area contributed by atoms with Crippen molar-refractivity contribution in [3.05, 3.63) is 53.5 Å². The minimum Gasteiger partial charge on any atom is -0.495 e. The second kappa shape index (κ2) is 8.35. The first-order valence-corrected chi connectivity index (χ1v) is 11.0. The number of anilines is 2. The Hall–Kier alpha value is -3.26. The molecule has 2 N–H and O–H groups in total. The van der Waals surface area contributed by atoms with Crippen LogP contribution in [0.15, 0.2) is 36.4 Å². The monoisotopic (exact) mass is 437 g/mol. The molecule has 168 valence electrons. The van der Waals surface area contributed by atoms with Crippen LogP contribution >= 0.6 is 0 Å². The summed E-state index contributed by atoms with van der Waals surface area (Å²) in [6, 6.07) is 10.3. The molecule has 1 fully saturated rings. The number of piperazine rings is 1. The van der Waals surface area contributed by atoms with E-state index in [1.54, 1.807) is 18.1 Å². The maximum absolute atomic E-state index is 13.8. The number of aromatic nitrogens is 1. The summed E-state index contributed by atoms with van der Waals surface area (Å²) in [7, 11) is 3.79. The van der Waals surface area contributed by atoms with Crippen LogP contribution in [0.25, 0.3) is 10.9 Å². The zero-order valence-corrected chi connectivity index (χ0v) is 18.4. The van der Waals surface area contributed by atoms with Gasteiger partial charge in [-0.1, -0.05) is 0 Å². The summed E-state index contributed by atoms with van der Waals surface area (Å²) in [5.41, 5.74) is 4.71. The first-order chi connectivity index (χ1) is 15.5. The third-order valence-corrected chi connectivity index (χ3v) is 6.50. The number of ether oxygens (including phenoxy) is 1. The first kappa shape index (κ1) is 20.6. The number of urea groups is 1. The molecule has 1 saturated heterocycles. The molecule has 0 radical (unpaired) electrons. The summed E-state index contributed by atoms with van der Waals surface area (Å²) in [5.74, 6) is 0.534. The van der Waals surface area contributed by atoms with Crippen LogP contribution in [0.3, 0.4) is 0 Å². The van der Waals surface area contributed by atoms with E-state index in [4.69, 9.17) is 4.74 Å². The third kappa shape index (κ3) is 3.86. The molecule has 0 saturated carbocycles. The van der Waals surface area contributed by atoms with Gasteiger partial charge in [-0.25, -0.2) is 9.18 Å². The van der Waals surface area contributed by atoms with Gasteiger partial charge in [-0.2, -0.15) is 0 Å². The maximum atomic E-state index is 13.8. The Balaban J connectivity index is 1.34. The molecule has 3 heterocycles. The second-order valence-corrected chi connectivity index (χ2v) is 8.55. The number of nitrogens with zero attached hydrogens (tertiary/aromatic N) is 3. The lowest BCUT2D eigenvalue weighted by Gasteiger charge is -2.35. The van der Waals surface area contributed by atoms with Crippen LogP contribution < -0.4 is 15.0 Å². The van der Waals surface area contributed by atoms with Gasteiger partial charge in [0, 0.05) is 73.5 Å². The topological polar surface area (TPSA) is 63.8 Å². The van der Waals surface area contributed by atoms with Crippen LogP contribution in [0.2, 0.25) is 0 Å². The fraction of sp³-hybridized carbons (Fsp3) is 0.375. The lowest BCUT2D eigenvalue weighted by Crippen LogP contribution is -2.44. The van der Waals surface area contributed by atoms with E-state index >= 15 is 0 Å². The quantitative estimate of drug-likeness (QED) is 0.657. The molecule has 0 spiro atoms. The van der Waals surface area contributed by atoms with Gasteiger partial charge in [-0.05, 0) is 43.4 Å². The van der Waals surface area contributed by atoms with Crippen molar-refractivity contribution in [2.24, 2.45) is 0 Å². The molecule has 2 aromatic carbocycles.